The number of sulfone groups is 1. The molecule has 2 aromatic rings. The monoisotopic (exact) mass is 359 g/mol. The Morgan fingerprint density at radius 3 is 2.64 bits per heavy atom. The fraction of sp³-hybridized carbons (Fsp3) is 0.222. The van der Waals surface area contributed by atoms with Gasteiger partial charge in [0.05, 0.1) is 16.5 Å². The van der Waals surface area contributed by atoms with Gasteiger partial charge in [-0.3, -0.25) is 4.79 Å². The quantitative estimate of drug-likeness (QED) is 0.838. The van der Waals surface area contributed by atoms with Crippen molar-refractivity contribution in [2.75, 3.05) is 6.26 Å². The molecule has 0 N–H and O–H groups in total. The molecule has 0 radical (unpaired) electrons. The van der Waals surface area contributed by atoms with E-state index >= 15 is 0 Å². The number of ether oxygens (including phenoxy) is 1. The van der Waals surface area contributed by atoms with Crippen LogP contribution in [0, 0.1) is 17.1 Å². The van der Waals surface area contributed by atoms with E-state index in [1.54, 1.807) is 0 Å². The van der Waals surface area contributed by atoms with Crippen LogP contribution in [-0.2, 0) is 16.3 Å². The van der Waals surface area contributed by atoms with Crippen molar-refractivity contribution in [1.82, 2.24) is 0 Å². The van der Waals surface area contributed by atoms with Gasteiger partial charge in [-0.1, -0.05) is 0 Å². The summed E-state index contributed by atoms with van der Waals surface area (Å²) in [6.07, 6.45) is 2.40. The van der Waals surface area contributed by atoms with Gasteiger partial charge in [0.1, 0.15) is 17.3 Å². The molecule has 128 valence electrons. The molecular formula is C18H14FNO4S. The third-order valence-corrected chi connectivity index (χ3v) is 5.11. The van der Waals surface area contributed by atoms with Crippen molar-refractivity contribution in [1.29, 1.82) is 5.26 Å². The zero-order chi connectivity index (χ0) is 18.2. The lowest BCUT2D eigenvalue weighted by atomic mass is 9.90. The molecule has 0 aromatic heterocycles. The first-order chi connectivity index (χ1) is 11.8. The van der Waals surface area contributed by atoms with Crippen molar-refractivity contribution < 1.29 is 22.3 Å². The molecule has 0 unspecified atom stereocenters. The van der Waals surface area contributed by atoms with Gasteiger partial charge in [-0.2, -0.15) is 5.26 Å². The largest absolute Gasteiger partial charge is 0.457 e. The van der Waals surface area contributed by atoms with Crippen LogP contribution < -0.4 is 4.74 Å². The van der Waals surface area contributed by atoms with Crippen molar-refractivity contribution in [3.63, 3.8) is 0 Å². The SMILES string of the molecule is CS(=O)(=O)c1ccc(Oc2cc(F)cc(C#N)c2)c2c1C(=O)CCC2. The molecule has 0 saturated carbocycles. The predicted molar refractivity (Wildman–Crippen MR) is 88.0 cm³/mol. The molecule has 0 heterocycles. The Morgan fingerprint density at radius 1 is 1.20 bits per heavy atom. The van der Waals surface area contributed by atoms with E-state index in [2.05, 4.69) is 0 Å². The second-order valence-corrected chi connectivity index (χ2v) is 7.84. The van der Waals surface area contributed by atoms with Crippen LogP contribution in [0.15, 0.2) is 35.2 Å². The smallest absolute Gasteiger partial charge is 0.176 e. The summed E-state index contributed by atoms with van der Waals surface area (Å²) < 4.78 is 43.2. The zero-order valence-corrected chi connectivity index (χ0v) is 14.2. The topological polar surface area (TPSA) is 84.2 Å². The first kappa shape index (κ1) is 17.1. The summed E-state index contributed by atoms with van der Waals surface area (Å²) in [6.45, 7) is 0. The molecule has 0 bridgehead atoms. The van der Waals surface area contributed by atoms with Gasteiger partial charge >= 0.3 is 0 Å². The van der Waals surface area contributed by atoms with E-state index in [0.29, 0.717) is 24.2 Å². The maximum absolute atomic E-state index is 13.6. The Hall–Kier alpha value is -2.72. The van der Waals surface area contributed by atoms with Crippen LogP contribution >= 0.6 is 0 Å². The summed E-state index contributed by atoms with van der Waals surface area (Å²) in [4.78, 5) is 12.3. The van der Waals surface area contributed by atoms with E-state index in [-0.39, 0.29) is 34.0 Å². The number of carbonyl (C=O) groups is 1. The van der Waals surface area contributed by atoms with Gasteiger partial charge < -0.3 is 4.74 Å². The van der Waals surface area contributed by atoms with Gasteiger partial charge in [-0.05, 0) is 37.1 Å². The molecule has 0 atom stereocenters. The van der Waals surface area contributed by atoms with E-state index in [0.717, 1.165) is 18.4 Å². The van der Waals surface area contributed by atoms with Gasteiger partial charge in [0, 0.05) is 29.9 Å². The zero-order valence-electron chi connectivity index (χ0n) is 13.4. The Morgan fingerprint density at radius 2 is 1.96 bits per heavy atom. The number of nitrogens with zero attached hydrogens (tertiary/aromatic N) is 1. The number of nitriles is 1. The van der Waals surface area contributed by atoms with Gasteiger partial charge in [0.25, 0.3) is 0 Å². The summed E-state index contributed by atoms with van der Waals surface area (Å²) in [6, 6.07) is 8.22. The highest BCUT2D eigenvalue weighted by atomic mass is 32.2. The standard InChI is InChI=1S/C18H14FNO4S/c1-25(22,23)17-6-5-16(14-3-2-4-15(21)18(14)17)24-13-8-11(10-20)7-12(19)9-13/h5-9H,2-4H2,1H3. The van der Waals surface area contributed by atoms with Crippen molar-refractivity contribution in [3.8, 4) is 17.6 Å². The van der Waals surface area contributed by atoms with Crippen LogP contribution in [0.4, 0.5) is 4.39 Å². The number of carbonyl (C=O) groups excluding carboxylic acids is 1. The molecule has 1 aliphatic carbocycles. The molecule has 0 spiro atoms. The molecule has 5 nitrogen and oxygen atoms in total. The number of ketones is 1. The molecule has 0 aliphatic heterocycles. The van der Waals surface area contributed by atoms with Crippen LogP contribution in [0.3, 0.4) is 0 Å². The van der Waals surface area contributed by atoms with Crippen LogP contribution in [0.5, 0.6) is 11.5 Å². The lowest BCUT2D eigenvalue weighted by Gasteiger charge is -2.21. The average Bonchev–Trinajstić information content (AvgIpc) is 2.54. The lowest BCUT2D eigenvalue weighted by molar-refractivity contribution is 0.0968. The van der Waals surface area contributed by atoms with Gasteiger partial charge in [-0.15, -0.1) is 0 Å². The lowest BCUT2D eigenvalue weighted by Crippen LogP contribution is -2.17. The van der Waals surface area contributed by atoms with Crippen LogP contribution in [0.25, 0.3) is 0 Å². The first-order valence-electron chi connectivity index (χ1n) is 7.57. The van der Waals surface area contributed by atoms with E-state index in [4.69, 9.17) is 10.00 Å². The van der Waals surface area contributed by atoms with Crippen molar-refractivity contribution in [3.05, 3.63) is 52.8 Å². The van der Waals surface area contributed by atoms with E-state index in [1.165, 1.54) is 18.2 Å². The van der Waals surface area contributed by atoms with Gasteiger partial charge in [0.2, 0.25) is 0 Å². The molecule has 1 aliphatic rings. The van der Waals surface area contributed by atoms with Crippen LogP contribution in [0.1, 0.15) is 34.3 Å². The Labute approximate surface area is 144 Å². The summed E-state index contributed by atoms with van der Waals surface area (Å²) in [5.74, 6) is -0.454. The highest BCUT2D eigenvalue weighted by molar-refractivity contribution is 7.90. The van der Waals surface area contributed by atoms with Crippen molar-refractivity contribution in [2.45, 2.75) is 24.2 Å². The third kappa shape index (κ3) is 3.39. The number of hydrogen-bond acceptors (Lipinski definition) is 5. The number of benzene rings is 2. The summed E-state index contributed by atoms with van der Waals surface area (Å²) >= 11 is 0. The normalized spacial score (nSPS) is 13.9. The maximum atomic E-state index is 13.6. The molecule has 0 amide bonds. The fourth-order valence-corrected chi connectivity index (χ4v) is 3.85. The fourth-order valence-electron chi connectivity index (χ4n) is 2.93. The van der Waals surface area contributed by atoms with E-state index in [1.807, 2.05) is 6.07 Å². The number of Topliss-reactive ketones (excluding diaryl/α,β-unsaturated/α-hetero) is 1. The molecule has 3 rings (SSSR count). The third-order valence-electron chi connectivity index (χ3n) is 3.97. The number of rotatable bonds is 3. The molecule has 7 heteroatoms. The number of hydrogen-bond donors (Lipinski definition) is 0. The van der Waals surface area contributed by atoms with Gasteiger partial charge in [0.15, 0.2) is 15.6 Å². The Bertz CT molecular complexity index is 1020. The minimum atomic E-state index is -3.56. The highest BCUT2D eigenvalue weighted by Gasteiger charge is 2.28. The summed E-state index contributed by atoms with van der Waals surface area (Å²) in [5, 5.41) is 8.92. The van der Waals surface area contributed by atoms with Gasteiger partial charge in [-0.25, -0.2) is 12.8 Å². The van der Waals surface area contributed by atoms with E-state index in [9.17, 15) is 17.6 Å². The number of fused-ring (bicyclic) bond motifs is 1. The van der Waals surface area contributed by atoms with Crippen molar-refractivity contribution in [2.24, 2.45) is 0 Å². The predicted octanol–water partition coefficient (Wildman–Crippen LogP) is 3.41. The average molecular weight is 359 g/mol. The second-order valence-electron chi connectivity index (χ2n) is 5.85. The minimum Gasteiger partial charge on any atom is -0.457 e. The summed E-state index contributed by atoms with van der Waals surface area (Å²) in [5.41, 5.74) is 0.762. The molecule has 25 heavy (non-hydrogen) atoms. The Balaban J connectivity index is 2.13. The minimum absolute atomic E-state index is 0.0171. The molecule has 2 aromatic carbocycles. The first-order valence-corrected chi connectivity index (χ1v) is 9.46. The van der Waals surface area contributed by atoms with Crippen LogP contribution in [-0.4, -0.2) is 20.5 Å². The number of halogens is 1. The molecular weight excluding hydrogens is 345 g/mol. The van der Waals surface area contributed by atoms with Crippen LogP contribution in [0.2, 0.25) is 0 Å². The van der Waals surface area contributed by atoms with Crippen molar-refractivity contribution >= 4 is 15.6 Å². The Kier molecular flexibility index (Phi) is 4.31. The highest BCUT2D eigenvalue weighted by Crippen LogP contribution is 2.36. The summed E-state index contributed by atoms with van der Waals surface area (Å²) in [7, 11) is -3.56. The molecule has 0 saturated heterocycles. The molecule has 0 fully saturated rings. The maximum Gasteiger partial charge on any atom is 0.176 e. The second kappa shape index (κ2) is 6.30. The van der Waals surface area contributed by atoms with E-state index < -0.39 is 15.7 Å².